The Kier molecular flexibility index (Phi) is 8.06. The maximum Gasteiger partial charge on any atom is 0.0112 e. The smallest absolute Gasteiger partial charge is 0.0112 e. The van der Waals surface area contributed by atoms with Crippen molar-refractivity contribution >= 4 is 0 Å². The molecule has 0 aromatic heterocycles. The van der Waals surface area contributed by atoms with Gasteiger partial charge >= 0.3 is 0 Å². The third kappa shape index (κ3) is 7.05. The third-order valence-corrected chi connectivity index (χ3v) is 3.96. The van der Waals surface area contributed by atoms with Crippen LogP contribution in [0.3, 0.4) is 0 Å². The van der Waals surface area contributed by atoms with Crippen LogP contribution < -0.4 is 5.32 Å². The second-order valence-corrected chi connectivity index (χ2v) is 6.33. The van der Waals surface area contributed by atoms with Crippen molar-refractivity contribution in [2.24, 2.45) is 5.41 Å². The minimum Gasteiger partial charge on any atom is -0.314 e. The largest absolute Gasteiger partial charge is 0.314 e. The predicted octanol–water partition coefficient (Wildman–Crippen LogP) is 3.52. The first-order valence-corrected chi connectivity index (χ1v) is 7.26. The lowest BCUT2D eigenvalue weighted by Crippen LogP contribution is -2.40. The van der Waals surface area contributed by atoms with E-state index in [0.29, 0.717) is 17.5 Å². The minimum absolute atomic E-state index is 0.376. The van der Waals surface area contributed by atoms with Crippen LogP contribution in [0.2, 0.25) is 0 Å². The molecule has 17 heavy (non-hydrogen) atoms. The van der Waals surface area contributed by atoms with Crippen molar-refractivity contribution in [2.75, 3.05) is 20.1 Å². The molecule has 2 nitrogen and oxygen atoms in total. The average Bonchev–Trinajstić information content (AvgIpc) is 2.25. The summed E-state index contributed by atoms with van der Waals surface area (Å²) < 4.78 is 0. The molecule has 104 valence electrons. The highest BCUT2D eigenvalue weighted by molar-refractivity contribution is 4.77. The Morgan fingerprint density at radius 1 is 1.18 bits per heavy atom. The second-order valence-electron chi connectivity index (χ2n) is 6.33. The van der Waals surface area contributed by atoms with E-state index in [1.807, 2.05) is 0 Å². The summed E-state index contributed by atoms with van der Waals surface area (Å²) in [6.07, 6.45) is 3.83. The van der Waals surface area contributed by atoms with Gasteiger partial charge in [0.2, 0.25) is 0 Å². The van der Waals surface area contributed by atoms with Gasteiger partial charge in [-0.1, -0.05) is 34.6 Å². The van der Waals surface area contributed by atoms with Crippen LogP contribution in [0, 0.1) is 5.41 Å². The molecule has 0 spiro atoms. The molecule has 0 aliphatic rings. The fraction of sp³-hybridized carbons (Fsp3) is 1.00. The van der Waals surface area contributed by atoms with E-state index in [4.69, 9.17) is 0 Å². The number of rotatable bonds is 8. The fourth-order valence-electron chi connectivity index (χ4n) is 2.18. The van der Waals surface area contributed by atoms with E-state index in [1.165, 1.54) is 25.8 Å². The molecule has 0 saturated carbocycles. The molecule has 0 radical (unpaired) electrons. The first-order chi connectivity index (χ1) is 7.82. The Bertz CT molecular complexity index is 184. The van der Waals surface area contributed by atoms with Crippen LogP contribution in [0.4, 0.5) is 0 Å². The topological polar surface area (TPSA) is 15.3 Å². The number of nitrogens with zero attached hydrogens (tertiary/aromatic N) is 1. The average molecular weight is 242 g/mol. The molecule has 0 rings (SSSR count). The van der Waals surface area contributed by atoms with Gasteiger partial charge in [-0.05, 0) is 51.7 Å². The second kappa shape index (κ2) is 8.10. The molecule has 0 bridgehead atoms. The van der Waals surface area contributed by atoms with E-state index in [9.17, 15) is 0 Å². The molecule has 0 aromatic rings. The highest BCUT2D eigenvalue weighted by atomic mass is 15.1. The number of nitrogens with one attached hydrogen (secondary N) is 1. The summed E-state index contributed by atoms with van der Waals surface area (Å²) in [5.41, 5.74) is 0.376. The van der Waals surface area contributed by atoms with E-state index in [0.717, 1.165) is 6.54 Å². The van der Waals surface area contributed by atoms with Gasteiger partial charge in [-0.15, -0.1) is 0 Å². The Morgan fingerprint density at radius 3 is 2.18 bits per heavy atom. The van der Waals surface area contributed by atoms with Gasteiger partial charge in [0.05, 0.1) is 0 Å². The standard InChI is InChI=1S/C15H34N2/c1-8-14(16-9-2)11-10-12-17(7)13(3)15(4,5)6/h13-14,16H,8-12H2,1-7H3. The van der Waals surface area contributed by atoms with E-state index in [2.05, 4.69) is 58.8 Å². The zero-order valence-electron chi connectivity index (χ0n) is 13.1. The Morgan fingerprint density at radius 2 is 1.76 bits per heavy atom. The van der Waals surface area contributed by atoms with Crippen molar-refractivity contribution in [1.82, 2.24) is 10.2 Å². The predicted molar refractivity (Wildman–Crippen MR) is 78.5 cm³/mol. The summed E-state index contributed by atoms with van der Waals surface area (Å²) in [5, 5.41) is 3.55. The quantitative estimate of drug-likeness (QED) is 0.700. The molecule has 0 fully saturated rings. The van der Waals surface area contributed by atoms with E-state index in [1.54, 1.807) is 0 Å². The maximum absolute atomic E-state index is 3.55. The number of hydrogen-bond acceptors (Lipinski definition) is 2. The van der Waals surface area contributed by atoms with Crippen LogP contribution in [0.15, 0.2) is 0 Å². The van der Waals surface area contributed by atoms with Gasteiger partial charge in [0.15, 0.2) is 0 Å². The van der Waals surface area contributed by atoms with Gasteiger partial charge in [0, 0.05) is 12.1 Å². The lowest BCUT2D eigenvalue weighted by atomic mass is 9.87. The van der Waals surface area contributed by atoms with E-state index >= 15 is 0 Å². The van der Waals surface area contributed by atoms with Crippen LogP contribution in [0.1, 0.15) is 60.8 Å². The lowest BCUT2D eigenvalue weighted by molar-refractivity contribution is 0.138. The highest BCUT2D eigenvalue weighted by Gasteiger charge is 2.23. The van der Waals surface area contributed by atoms with Crippen LogP contribution in [-0.4, -0.2) is 37.1 Å². The Hall–Kier alpha value is -0.0800. The van der Waals surface area contributed by atoms with Gasteiger partial charge in [-0.25, -0.2) is 0 Å². The fourth-order valence-corrected chi connectivity index (χ4v) is 2.18. The molecule has 0 heterocycles. The third-order valence-electron chi connectivity index (χ3n) is 3.96. The first kappa shape index (κ1) is 16.9. The Labute approximate surface area is 109 Å². The number of hydrogen-bond donors (Lipinski definition) is 1. The van der Waals surface area contributed by atoms with Gasteiger partial charge < -0.3 is 10.2 Å². The zero-order chi connectivity index (χ0) is 13.5. The van der Waals surface area contributed by atoms with Crippen molar-refractivity contribution < 1.29 is 0 Å². The summed E-state index contributed by atoms with van der Waals surface area (Å²) in [6, 6.07) is 1.35. The molecular weight excluding hydrogens is 208 g/mol. The summed E-state index contributed by atoms with van der Waals surface area (Å²) in [5.74, 6) is 0. The van der Waals surface area contributed by atoms with Crippen LogP contribution in [-0.2, 0) is 0 Å². The molecule has 0 amide bonds. The summed E-state index contributed by atoms with van der Waals surface area (Å²) >= 11 is 0. The lowest BCUT2D eigenvalue weighted by Gasteiger charge is -2.35. The summed E-state index contributed by atoms with van der Waals surface area (Å²) in [7, 11) is 2.25. The minimum atomic E-state index is 0.376. The van der Waals surface area contributed by atoms with Crippen molar-refractivity contribution in [1.29, 1.82) is 0 Å². The molecule has 0 saturated heterocycles. The molecule has 2 atom stereocenters. The van der Waals surface area contributed by atoms with E-state index in [-0.39, 0.29) is 0 Å². The zero-order valence-corrected chi connectivity index (χ0v) is 13.1. The van der Waals surface area contributed by atoms with Gasteiger partial charge in [-0.2, -0.15) is 0 Å². The summed E-state index contributed by atoms with van der Waals surface area (Å²) in [6.45, 7) is 16.1. The summed E-state index contributed by atoms with van der Waals surface area (Å²) in [4.78, 5) is 2.50. The van der Waals surface area contributed by atoms with Crippen LogP contribution >= 0.6 is 0 Å². The van der Waals surface area contributed by atoms with Gasteiger partial charge in [-0.3, -0.25) is 0 Å². The molecule has 0 aliphatic heterocycles. The van der Waals surface area contributed by atoms with Gasteiger partial charge in [0.25, 0.3) is 0 Å². The maximum atomic E-state index is 3.55. The monoisotopic (exact) mass is 242 g/mol. The van der Waals surface area contributed by atoms with Crippen LogP contribution in [0.5, 0.6) is 0 Å². The van der Waals surface area contributed by atoms with Crippen molar-refractivity contribution in [2.45, 2.75) is 72.9 Å². The molecule has 2 heteroatoms. The normalized spacial score (nSPS) is 16.2. The Balaban J connectivity index is 3.88. The first-order valence-electron chi connectivity index (χ1n) is 7.26. The van der Waals surface area contributed by atoms with Crippen molar-refractivity contribution in [3.63, 3.8) is 0 Å². The molecule has 0 aliphatic carbocycles. The van der Waals surface area contributed by atoms with Crippen molar-refractivity contribution in [3.8, 4) is 0 Å². The van der Waals surface area contributed by atoms with Crippen LogP contribution in [0.25, 0.3) is 0 Å². The molecule has 0 aromatic carbocycles. The van der Waals surface area contributed by atoms with Gasteiger partial charge in [0.1, 0.15) is 0 Å². The highest BCUT2D eigenvalue weighted by Crippen LogP contribution is 2.23. The molecule has 1 N–H and O–H groups in total. The molecule has 2 unspecified atom stereocenters. The molecular formula is C15H34N2. The SMILES string of the molecule is CCNC(CC)CCCN(C)C(C)C(C)(C)C. The van der Waals surface area contributed by atoms with E-state index < -0.39 is 0 Å². The van der Waals surface area contributed by atoms with Crippen molar-refractivity contribution in [3.05, 3.63) is 0 Å².